The van der Waals surface area contributed by atoms with E-state index in [2.05, 4.69) is 15.3 Å². The van der Waals surface area contributed by atoms with Gasteiger partial charge >= 0.3 is 0 Å². The quantitative estimate of drug-likeness (QED) is 0.805. The zero-order valence-electron chi connectivity index (χ0n) is 12.3. The second kappa shape index (κ2) is 6.39. The number of hydrogen-bond donors (Lipinski definition) is 2. The summed E-state index contributed by atoms with van der Waals surface area (Å²) < 4.78 is 0. The van der Waals surface area contributed by atoms with Crippen LogP contribution in [0, 0.1) is 11.8 Å². The van der Waals surface area contributed by atoms with E-state index in [0.717, 1.165) is 12.8 Å². The highest BCUT2D eigenvalue weighted by atomic mass is 16.3. The van der Waals surface area contributed by atoms with Gasteiger partial charge in [0.15, 0.2) is 0 Å². The lowest BCUT2D eigenvalue weighted by Gasteiger charge is -2.38. The standard InChI is InChI=1S/C15H20N4O3/c20-9-11-3-6-19(15(22)12-7-16-4-5-17-12)8-13(11)18-14(21)10-1-2-10/h4-5,7,10-11,13,20H,1-3,6,8-9H2,(H,18,21)/t11-,13-/m1/s1. The predicted molar refractivity (Wildman–Crippen MR) is 77.8 cm³/mol. The number of nitrogens with zero attached hydrogens (tertiary/aromatic N) is 3. The predicted octanol–water partition coefficient (Wildman–Crippen LogP) is -0.174. The number of carbonyl (C=O) groups is 2. The van der Waals surface area contributed by atoms with Gasteiger partial charge in [0.2, 0.25) is 5.91 Å². The summed E-state index contributed by atoms with van der Waals surface area (Å²) in [4.78, 5) is 34.0. The van der Waals surface area contributed by atoms with Gasteiger partial charge < -0.3 is 15.3 Å². The van der Waals surface area contributed by atoms with Gasteiger partial charge in [0.05, 0.1) is 12.2 Å². The number of amides is 2. The Morgan fingerprint density at radius 2 is 2.14 bits per heavy atom. The fourth-order valence-electron chi connectivity index (χ4n) is 2.78. The van der Waals surface area contributed by atoms with Gasteiger partial charge in [0.1, 0.15) is 5.69 Å². The topological polar surface area (TPSA) is 95.4 Å². The molecule has 2 amide bonds. The van der Waals surface area contributed by atoms with Crippen molar-refractivity contribution >= 4 is 11.8 Å². The summed E-state index contributed by atoms with van der Waals surface area (Å²) in [5.74, 6) is -0.0357. The van der Waals surface area contributed by atoms with E-state index < -0.39 is 0 Å². The number of carbonyl (C=O) groups excluding carboxylic acids is 2. The molecule has 1 aliphatic heterocycles. The lowest BCUT2D eigenvalue weighted by molar-refractivity contribution is -0.123. The molecule has 1 aliphatic carbocycles. The van der Waals surface area contributed by atoms with E-state index in [1.54, 1.807) is 4.90 Å². The van der Waals surface area contributed by atoms with Crippen LogP contribution in [0.2, 0.25) is 0 Å². The van der Waals surface area contributed by atoms with Gasteiger partial charge in [-0.3, -0.25) is 14.6 Å². The van der Waals surface area contributed by atoms with E-state index in [9.17, 15) is 14.7 Å². The molecular weight excluding hydrogens is 284 g/mol. The number of likely N-dealkylation sites (tertiary alicyclic amines) is 1. The number of hydrogen-bond acceptors (Lipinski definition) is 5. The first kappa shape index (κ1) is 14.9. The van der Waals surface area contributed by atoms with Crippen LogP contribution in [0.25, 0.3) is 0 Å². The van der Waals surface area contributed by atoms with Crippen LogP contribution in [0.15, 0.2) is 18.6 Å². The number of aromatic nitrogens is 2. The molecule has 2 aliphatic rings. The Hall–Kier alpha value is -2.02. The highest BCUT2D eigenvalue weighted by Gasteiger charge is 2.36. The van der Waals surface area contributed by atoms with Gasteiger partial charge in [-0.15, -0.1) is 0 Å². The molecule has 0 bridgehead atoms. The highest BCUT2D eigenvalue weighted by Crippen LogP contribution is 2.29. The highest BCUT2D eigenvalue weighted by molar-refractivity contribution is 5.92. The molecule has 1 aromatic rings. The van der Waals surface area contributed by atoms with Crippen LogP contribution in [0.4, 0.5) is 0 Å². The first-order valence-electron chi connectivity index (χ1n) is 7.65. The third-order valence-electron chi connectivity index (χ3n) is 4.34. The third-order valence-corrected chi connectivity index (χ3v) is 4.34. The lowest BCUT2D eigenvalue weighted by Crippen LogP contribution is -2.55. The Labute approximate surface area is 128 Å². The maximum atomic E-state index is 12.4. The molecule has 2 atom stereocenters. The molecule has 7 nitrogen and oxygen atoms in total. The van der Waals surface area contributed by atoms with Gasteiger partial charge in [-0.1, -0.05) is 0 Å². The second-order valence-corrected chi connectivity index (χ2v) is 5.96. The number of piperidine rings is 1. The van der Waals surface area contributed by atoms with E-state index in [-0.39, 0.29) is 36.3 Å². The van der Waals surface area contributed by atoms with Crippen molar-refractivity contribution in [1.82, 2.24) is 20.2 Å². The van der Waals surface area contributed by atoms with Crippen LogP contribution >= 0.6 is 0 Å². The molecule has 0 unspecified atom stereocenters. The van der Waals surface area contributed by atoms with Crippen LogP contribution in [-0.4, -0.2) is 57.5 Å². The Kier molecular flexibility index (Phi) is 4.33. The maximum absolute atomic E-state index is 12.4. The van der Waals surface area contributed by atoms with Gasteiger partial charge in [-0.25, -0.2) is 4.98 Å². The molecule has 118 valence electrons. The van der Waals surface area contributed by atoms with Crippen molar-refractivity contribution in [2.75, 3.05) is 19.7 Å². The van der Waals surface area contributed by atoms with Crippen LogP contribution in [0.3, 0.4) is 0 Å². The summed E-state index contributed by atoms with van der Waals surface area (Å²) in [6, 6.07) is -0.201. The maximum Gasteiger partial charge on any atom is 0.274 e. The molecule has 2 fully saturated rings. The fourth-order valence-corrected chi connectivity index (χ4v) is 2.78. The largest absolute Gasteiger partial charge is 0.396 e. The average Bonchev–Trinajstić information content (AvgIpc) is 3.40. The van der Waals surface area contributed by atoms with Crippen LogP contribution < -0.4 is 5.32 Å². The van der Waals surface area contributed by atoms with E-state index in [1.165, 1.54) is 18.6 Å². The minimum absolute atomic E-state index is 0.00592. The van der Waals surface area contributed by atoms with Crippen LogP contribution in [-0.2, 0) is 4.79 Å². The molecule has 0 aromatic carbocycles. The molecule has 7 heteroatoms. The van der Waals surface area contributed by atoms with Gasteiger partial charge in [0, 0.05) is 43.9 Å². The summed E-state index contributed by atoms with van der Waals surface area (Å²) in [6.07, 6.45) is 6.99. The molecular formula is C15H20N4O3. The molecule has 1 aromatic heterocycles. The lowest BCUT2D eigenvalue weighted by atomic mass is 9.92. The second-order valence-electron chi connectivity index (χ2n) is 5.96. The van der Waals surface area contributed by atoms with Crippen molar-refractivity contribution in [1.29, 1.82) is 0 Å². The molecule has 1 saturated heterocycles. The molecule has 2 heterocycles. The number of nitrogens with one attached hydrogen (secondary N) is 1. The van der Waals surface area contributed by atoms with E-state index in [0.29, 0.717) is 25.2 Å². The van der Waals surface area contributed by atoms with Crippen molar-refractivity contribution in [3.05, 3.63) is 24.3 Å². The Balaban J connectivity index is 1.66. The minimum Gasteiger partial charge on any atom is -0.396 e. The zero-order chi connectivity index (χ0) is 15.5. The molecule has 1 saturated carbocycles. The Morgan fingerprint density at radius 3 is 2.77 bits per heavy atom. The van der Waals surface area contributed by atoms with E-state index >= 15 is 0 Å². The third kappa shape index (κ3) is 3.24. The monoisotopic (exact) mass is 304 g/mol. The molecule has 0 spiro atoms. The van der Waals surface area contributed by atoms with Gasteiger partial charge in [-0.2, -0.15) is 0 Å². The van der Waals surface area contributed by atoms with Crippen molar-refractivity contribution in [2.45, 2.75) is 25.3 Å². The van der Waals surface area contributed by atoms with Crippen molar-refractivity contribution in [2.24, 2.45) is 11.8 Å². The van der Waals surface area contributed by atoms with Crippen molar-refractivity contribution in [3.63, 3.8) is 0 Å². The van der Waals surface area contributed by atoms with Crippen LogP contribution in [0.1, 0.15) is 29.8 Å². The normalized spacial score (nSPS) is 24.9. The summed E-state index contributed by atoms with van der Waals surface area (Å²) >= 11 is 0. The average molecular weight is 304 g/mol. The van der Waals surface area contributed by atoms with Gasteiger partial charge in [0.25, 0.3) is 5.91 Å². The minimum atomic E-state index is -0.201. The number of rotatable bonds is 4. The number of aliphatic hydroxyl groups is 1. The van der Waals surface area contributed by atoms with E-state index in [4.69, 9.17) is 0 Å². The summed E-state index contributed by atoms with van der Waals surface area (Å²) in [5, 5.41) is 12.5. The summed E-state index contributed by atoms with van der Waals surface area (Å²) in [7, 11) is 0. The molecule has 3 rings (SSSR count). The summed E-state index contributed by atoms with van der Waals surface area (Å²) in [5.41, 5.74) is 0.303. The first-order chi connectivity index (χ1) is 10.7. The smallest absolute Gasteiger partial charge is 0.274 e. The van der Waals surface area contributed by atoms with Crippen molar-refractivity contribution in [3.8, 4) is 0 Å². The molecule has 0 radical (unpaired) electrons. The van der Waals surface area contributed by atoms with Gasteiger partial charge in [-0.05, 0) is 19.3 Å². The Bertz CT molecular complexity index is 547. The number of aliphatic hydroxyl groups excluding tert-OH is 1. The van der Waals surface area contributed by atoms with Crippen molar-refractivity contribution < 1.29 is 14.7 Å². The van der Waals surface area contributed by atoms with E-state index in [1.807, 2.05) is 0 Å². The SMILES string of the molecule is O=C(N[C@@H]1CN(C(=O)c2cnccn2)CC[C@@H]1CO)C1CC1. The first-order valence-corrected chi connectivity index (χ1v) is 7.65. The fraction of sp³-hybridized carbons (Fsp3) is 0.600. The Morgan fingerprint density at radius 1 is 1.32 bits per heavy atom. The molecule has 22 heavy (non-hydrogen) atoms. The summed E-state index contributed by atoms with van der Waals surface area (Å²) in [6.45, 7) is 0.971. The van der Waals surface area contributed by atoms with Crippen LogP contribution in [0.5, 0.6) is 0 Å². The molecule has 2 N–H and O–H groups in total. The zero-order valence-corrected chi connectivity index (χ0v) is 12.3.